The molecule has 0 aliphatic carbocycles. The molecule has 1 aliphatic rings. The van der Waals surface area contributed by atoms with E-state index in [0.717, 1.165) is 0 Å². The average Bonchev–Trinajstić information content (AvgIpc) is 2.63. The molecule has 0 fully saturated rings. The van der Waals surface area contributed by atoms with Crippen molar-refractivity contribution >= 4 is 11.9 Å². The Kier molecular flexibility index (Phi) is 2.73. The van der Waals surface area contributed by atoms with E-state index in [1.807, 2.05) is 0 Å². The Balaban J connectivity index is 2.89. The van der Waals surface area contributed by atoms with Gasteiger partial charge in [-0.05, 0) is 0 Å². The SMILES string of the molecule is COC(=O)C1=C(C(=O)OC)OCO1. The van der Waals surface area contributed by atoms with Gasteiger partial charge >= 0.3 is 11.9 Å². The molecule has 0 atom stereocenters. The van der Waals surface area contributed by atoms with Crippen LogP contribution in [0, 0.1) is 0 Å². The highest BCUT2D eigenvalue weighted by molar-refractivity contribution is 5.97. The molecule has 1 rings (SSSR count). The predicted octanol–water partition coefficient (Wildman–Crippen LogP) is -0.452. The van der Waals surface area contributed by atoms with E-state index in [9.17, 15) is 9.59 Å². The number of carbonyl (C=O) groups is 2. The summed E-state index contributed by atoms with van der Waals surface area (Å²) in [5.41, 5.74) is 0. The number of hydrogen-bond acceptors (Lipinski definition) is 6. The van der Waals surface area contributed by atoms with Crippen LogP contribution in [0.25, 0.3) is 0 Å². The van der Waals surface area contributed by atoms with Crippen molar-refractivity contribution in [1.82, 2.24) is 0 Å². The van der Waals surface area contributed by atoms with Gasteiger partial charge in [0.1, 0.15) is 0 Å². The van der Waals surface area contributed by atoms with Crippen LogP contribution < -0.4 is 0 Å². The summed E-state index contributed by atoms with van der Waals surface area (Å²) in [6, 6.07) is 0. The van der Waals surface area contributed by atoms with Gasteiger partial charge in [-0.25, -0.2) is 9.59 Å². The van der Waals surface area contributed by atoms with Gasteiger partial charge in [0, 0.05) is 0 Å². The first-order valence-corrected chi connectivity index (χ1v) is 3.37. The lowest BCUT2D eigenvalue weighted by molar-refractivity contribution is -0.142. The molecule has 0 aromatic rings. The highest BCUT2D eigenvalue weighted by Crippen LogP contribution is 2.18. The zero-order valence-corrected chi connectivity index (χ0v) is 7.16. The predicted molar refractivity (Wildman–Crippen MR) is 38.1 cm³/mol. The molecule has 0 saturated carbocycles. The maximum Gasteiger partial charge on any atom is 0.377 e. The molecule has 13 heavy (non-hydrogen) atoms. The van der Waals surface area contributed by atoms with Gasteiger partial charge in [-0.3, -0.25) is 0 Å². The molecule has 0 aromatic carbocycles. The van der Waals surface area contributed by atoms with Crippen molar-refractivity contribution in [3.8, 4) is 0 Å². The van der Waals surface area contributed by atoms with Crippen molar-refractivity contribution in [2.45, 2.75) is 0 Å². The minimum atomic E-state index is -0.766. The van der Waals surface area contributed by atoms with Gasteiger partial charge < -0.3 is 18.9 Å². The lowest BCUT2D eigenvalue weighted by Gasteiger charge is -1.99. The molecule has 6 nitrogen and oxygen atoms in total. The van der Waals surface area contributed by atoms with Crippen molar-refractivity contribution < 1.29 is 28.5 Å². The second-order valence-corrected chi connectivity index (χ2v) is 2.05. The second kappa shape index (κ2) is 3.79. The molecule has 0 aromatic heterocycles. The Hall–Kier alpha value is -1.72. The first kappa shape index (κ1) is 9.37. The third-order valence-corrected chi connectivity index (χ3v) is 1.35. The molecule has 0 bridgehead atoms. The minimum absolute atomic E-state index is 0.186. The Morgan fingerprint density at radius 2 is 1.46 bits per heavy atom. The summed E-state index contributed by atoms with van der Waals surface area (Å²) < 4.78 is 18.1. The van der Waals surface area contributed by atoms with Crippen LogP contribution in [0.15, 0.2) is 11.5 Å². The molecule has 0 amide bonds. The molecular formula is C7H8O6. The summed E-state index contributed by atoms with van der Waals surface area (Å²) >= 11 is 0. The molecule has 1 aliphatic heterocycles. The first-order valence-electron chi connectivity index (χ1n) is 3.37. The number of ether oxygens (including phenoxy) is 4. The van der Waals surface area contributed by atoms with Gasteiger partial charge in [0.25, 0.3) is 11.5 Å². The van der Waals surface area contributed by atoms with Crippen LogP contribution in [-0.4, -0.2) is 33.0 Å². The number of carbonyl (C=O) groups excluding carboxylic acids is 2. The molecule has 0 N–H and O–H groups in total. The highest BCUT2D eigenvalue weighted by atomic mass is 16.7. The number of esters is 2. The Labute approximate surface area is 74.0 Å². The Morgan fingerprint density at radius 1 is 1.08 bits per heavy atom. The van der Waals surface area contributed by atoms with Gasteiger partial charge in [-0.2, -0.15) is 0 Å². The van der Waals surface area contributed by atoms with E-state index in [4.69, 9.17) is 9.47 Å². The summed E-state index contributed by atoms with van der Waals surface area (Å²) in [6.45, 7) is -0.186. The van der Waals surface area contributed by atoms with Crippen LogP contribution in [0.5, 0.6) is 0 Å². The lowest BCUT2D eigenvalue weighted by Crippen LogP contribution is -2.12. The normalized spacial score (nSPS) is 14.6. The standard InChI is InChI=1S/C7H8O6/c1-10-6(8)4-5(7(9)11-2)13-3-12-4/h3H2,1-2H3. The fraction of sp³-hybridized carbons (Fsp3) is 0.429. The fourth-order valence-corrected chi connectivity index (χ4v) is 0.767. The van der Waals surface area contributed by atoms with E-state index >= 15 is 0 Å². The largest absolute Gasteiger partial charge is 0.463 e. The van der Waals surface area contributed by atoms with Crippen LogP contribution in [-0.2, 0) is 28.5 Å². The van der Waals surface area contributed by atoms with Gasteiger partial charge in [0.15, 0.2) is 0 Å². The van der Waals surface area contributed by atoms with E-state index in [-0.39, 0.29) is 18.3 Å². The van der Waals surface area contributed by atoms with Crippen LogP contribution in [0.3, 0.4) is 0 Å². The smallest absolute Gasteiger partial charge is 0.377 e. The Morgan fingerprint density at radius 3 is 1.77 bits per heavy atom. The molecule has 6 heteroatoms. The van der Waals surface area contributed by atoms with E-state index in [0.29, 0.717) is 0 Å². The van der Waals surface area contributed by atoms with Crippen molar-refractivity contribution in [1.29, 1.82) is 0 Å². The van der Waals surface area contributed by atoms with Crippen molar-refractivity contribution in [3.63, 3.8) is 0 Å². The van der Waals surface area contributed by atoms with Gasteiger partial charge in [0.2, 0.25) is 6.79 Å². The van der Waals surface area contributed by atoms with Crippen molar-refractivity contribution in [3.05, 3.63) is 11.5 Å². The topological polar surface area (TPSA) is 71.1 Å². The van der Waals surface area contributed by atoms with Crippen LogP contribution in [0.4, 0.5) is 0 Å². The van der Waals surface area contributed by atoms with Gasteiger partial charge in [-0.1, -0.05) is 0 Å². The third-order valence-electron chi connectivity index (χ3n) is 1.35. The number of methoxy groups -OCH3 is 2. The molecule has 72 valence electrons. The first-order chi connectivity index (χ1) is 6.20. The second-order valence-electron chi connectivity index (χ2n) is 2.05. The fourth-order valence-electron chi connectivity index (χ4n) is 0.767. The van der Waals surface area contributed by atoms with Crippen molar-refractivity contribution in [2.75, 3.05) is 21.0 Å². The van der Waals surface area contributed by atoms with E-state index < -0.39 is 11.9 Å². The number of hydrogen-bond donors (Lipinski definition) is 0. The summed E-state index contributed by atoms with van der Waals surface area (Å²) in [5.74, 6) is -2.04. The highest BCUT2D eigenvalue weighted by Gasteiger charge is 2.31. The molecular weight excluding hydrogens is 180 g/mol. The zero-order chi connectivity index (χ0) is 9.84. The molecule has 0 radical (unpaired) electrons. The van der Waals surface area contributed by atoms with Crippen LogP contribution >= 0.6 is 0 Å². The lowest BCUT2D eigenvalue weighted by atomic mass is 10.4. The van der Waals surface area contributed by atoms with Crippen LogP contribution in [0.2, 0.25) is 0 Å². The van der Waals surface area contributed by atoms with E-state index in [2.05, 4.69) is 9.47 Å². The van der Waals surface area contributed by atoms with Crippen LogP contribution in [0.1, 0.15) is 0 Å². The number of rotatable bonds is 2. The maximum atomic E-state index is 11.0. The summed E-state index contributed by atoms with van der Waals surface area (Å²) in [5, 5.41) is 0. The van der Waals surface area contributed by atoms with E-state index in [1.165, 1.54) is 14.2 Å². The quantitative estimate of drug-likeness (QED) is 0.546. The van der Waals surface area contributed by atoms with E-state index in [1.54, 1.807) is 0 Å². The molecule has 1 heterocycles. The average molecular weight is 188 g/mol. The summed E-state index contributed by atoms with van der Waals surface area (Å²) in [4.78, 5) is 21.9. The minimum Gasteiger partial charge on any atom is -0.463 e. The molecule has 0 saturated heterocycles. The maximum absolute atomic E-state index is 11.0. The third kappa shape index (κ3) is 1.71. The zero-order valence-electron chi connectivity index (χ0n) is 7.16. The Bertz CT molecular complexity index is 240. The summed E-state index contributed by atoms with van der Waals surface area (Å²) in [6.07, 6.45) is 0. The molecule has 0 spiro atoms. The van der Waals surface area contributed by atoms with Crippen molar-refractivity contribution in [2.24, 2.45) is 0 Å². The monoisotopic (exact) mass is 188 g/mol. The summed E-state index contributed by atoms with van der Waals surface area (Å²) in [7, 11) is 2.35. The molecule has 0 unspecified atom stereocenters. The van der Waals surface area contributed by atoms with Gasteiger partial charge in [0.05, 0.1) is 14.2 Å². The van der Waals surface area contributed by atoms with Gasteiger partial charge in [-0.15, -0.1) is 0 Å².